The summed E-state index contributed by atoms with van der Waals surface area (Å²) in [6, 6.07) is 15.9. The summed E-state index contributed by atoms with van der Waals surface area (Å²) in [5, 5.41) is 12.5. The number of hydrogen-bond donors (Lipinski definition) is 1. The number of H-pyrrole nitrogens is 1. The van der Waals surface area contributed by atoms with E-state index in [0.29, 0.717) is 10.6 Å². The van der Waals surface area contributed by atoms with Crippen molar-refractivity contribution in [1.29, 1.82) is 0 Å². The molecule has 0 radical (unpaired) electrons. The number of nitrogens with zero attached hydrogens (tertiary/aromatic N) is 4. The Morgan fingerprint density at radius 2 is 1.94 bits per heavy atom. The molecule has 1 saturated heterocycles. The maximum atomic E-state index is 13.8. The number of aromatic amines is 1. The first kappa shape index (κ1) is 20.2. The number of benzene rings is 2. The zero-order chi connectivity index (χ0) is 22.5. The normalized spacial score (nSPS) is 19.4. The molecule has 6 rings (SSSR count). The highest BCUT2D eigenvalue weighted by atomic mass is 35.5. The number of carbonyl (C=O) groups is 1. The van der Waals surface area contributed by atoms with E-state index in [1.54, 1.807) is 6.20 Å². The predicted octanol–water partition coefficient (Wildman–Crippen LogP) is 5.42. The van der Waals surface area contributed by atoms with E-state index in [0.717, 1.165) is 53.8 Å². The van der Waals surface area contributed by atoms with Crippen molar-refractivity contribution in [2.24, 2.45) is 7.05 Å². The molecule has 2 atom stereocenters. The topological polar surface area (TPSA) is 66.8 Å². The van der Waals surface area contributed by atoms with Crippen LogP contribution in [-0.4, -0.2) is 36.8 Å². The SMILES string of the molecule is Cn1nc2c(c1-c1cccc(Cl)c1)CC1CCCC2N1C(=O)c1cccc(-c2cn[nH]c2)c1. The smallest absolute Gasteiger partial charge is 0.254 e. The number of halogens is 1. The number of amides is 1. The Balaban J connectivity index is 1.39. The molecule has 0 saturated carbocycles. The van der Waals surface area contributed by atoms with Crippen LogP contribution in [0.25, 0.3) is 22.4 Å². The van der Waals surface area contributed by atoms with Crippen LogP contribution in [0.2, 0.25) is 5.02 Å². The third kappa shape index (κ3) is 3.37. The molecule has 1 fully saturated rings. The van der Waals surface area contributed by atoms with Crippen LogP contribution in [0.3, 0.4) is 0 Å². The van der Waals surface area contributed by atoms with E-state index < -0.39 is 0 Å². The summed E-state index contributed by atoms with van der Waals surface area (Å²) in [5.41, 5.74) is 7.14. The summed E-state index contributed by atoms with van der Waals surface area (Å²) >= 11 is 6.29. The van der Waals surface area contributed by atoms with Gasteiger partial charge in [0.1, 0.15) is 0 Å². The number of nitrogens with one attached hydrogen (secondary N) is 1. The summed E-state index contributed by atoms with van der Waals surface area (Å²) in [4.78, 5) is 15.9. The van der Waals surface area contributed by atoms with Crippen molar-refractivity contribution in [3.63, 3.8) is 0 Å². The van der Waals surface area contributed by atoms with E-state index in [1.807, 2.05) is 60.4 Å². The van der Waals surface area contributed by atoms with E-state index in [-0.39, 0.29) is 18.0 Å². The molecule has 0 aliphatic carbocycles. The maximum Gasteiger partial charge on any atom is 0.254 e. The number of hydrogen-bond acceptors (Lipinski definition) is 3. The standard InChI is InChI=1S/C26H24ClN5O/c1-31-25(17-6-3-8-20(27)12-17)22-13-21-9-4-10-23(24(22)30-31)32(21)26(33)18-7-2-5-16(11-18)19-14-28-29-15-19/h2-3,5-8,11-12,14-15,21,23H,4,9-10,13H2,1H3,(H,28,29). The number of carbonyl (C=O) groups excluding carboxylic acids is 1. The van der Waals surface area contributed by atoms with Gasteiger partial charge in [-0.1, -0.05) is 35.9 Å². The highest BCUT2D eigenvalue weighted by Gasteiger charge is 2.43. The zero-order valence-electron chi connectivity index (χ0n) is 18.3. The van der Waals surface area contributed by atoms with Gasteiger partial charge in [-0.15, -0.1) is 0 Å². The van der Waals surface area contributed by atoms with Gasteiger partial charge in [0.05, 0.1) is 23.6 Å². The van der Waals surface area contributed by atoms with Gasteiger partial charge in [-0.2, -0.15) is 10.2 Å². The number of piperidine rings is 1. The van der Waals surface area contributed by atoms with Crippen molar-refractivity contribution in [2.45, 2.75) is 37.8 Å². The van der Waals surface area contributed by atoms with Gasteiger partial charge in [0, 0.05) is 46.6 Å². The number of aryl methyl sites for hydroxylation is 1. The van der Waals surface area contributed by atoms with Crippen LogP contribution in [0.4, 0.5) is 0 Å². The Morgan fingerprint density at radius 3 is 2.76 bits per heavy atom. The molecule has 6 nitrogen and oxygen atoms in total. The Labute approximate surface area is 197 Å². The van der Waals surface area contributed by atoms with Crippen LogP contribution in [-0.2, 0) is 13.5 Å². The van der Waals surface area contributed by atoms with E-state index in [2.05, 4.69) is 21.2 Å². The fraction of sp³-hybridized carbons (Fsp3) is 0.269. The lowest BCUT2D eigenvalue weighted by Crippen LogP contribution is -2.49. The molecular weight excluding hydrogens is 434 g/mol. The average Bonchev–Trinajstić information content (AvgIpc) is 3.46. The minimum Gasteiger partial charge on any atom is -0.327 e. The molecule has 2 bridgehead atoms. The van der Waals surface area contributed by atoms with Crippen LogP contribution in [0.1, 0.15) is 46.9 Å². The largest absolute Gasteiger partial charge is 0.327 e. The van der Waals surface area contributed by atoms with Crippen LogP contribution in [0.15, 0.2) is 60.9 Å². The van der Waals surface area contributed by atoms with Crippen molar-refractivity contribution < 1.29 is 4.79 Å². The van der Waals surface area contributed by atoms with Crippen molar-refractivity contribution >= 4 is 17.5 Å². The molecule has 2 unspecified atom stereocenters. The summed E-state index contributed by atoms with van der Waals surface area (Å²) < 4.78 is 1.96. The van der Waals surface area contributed by atoms with Gasteiger partial charge in [-0.25, -0.2) is 0 Å². The lowest BCUT2D eigenvalue weighted by molar-refractivity contribution is 0.0392. The molecule has 2 aliphatic rings. The van der Waals surface area contributed by atoms with E-state index in [1.165, 1.54) is 5.56 Å². The summed E-state index contributed by atoms with van der Waals surface area (Å²) in [7, 11) is 1.99. The third-order valence-electron chi connectivity index (χ3n) is 6.95. The maximum absolute atomic E-state index is 13.8. The minimum atomic E-state index is -0.00304. The van der Waals surface area contributed by atoms with E-state index >= 15 is 0 Å². The molecule has 2 aromatic heterocycles. The van der Waals surface area contributed by atoms with E-state index in [4.69, 9.17) is 16.7 Å². The molecule has 2 aliphatic heterocycles. The first-order chi connectivity index (χ1) is 16.1. The first-order valence-electron chi connectivity index (χ1n) is 11.3. The quantitative estimate of drug-likeness (QED) is 0.446. The summed E-state index contributed by atoms with van der Waals surface area (Å²) in [6.07, 6.45) is 7.48. The molecule has 4 aromatic rings. The van der Waals surface area contributed by atoms with Crippen molar-refractivity contribution in [2.75, 3.05) is 0 Å². The molecule has 1 amide bonds. The van der Waals surface area contributed by atoms with Crippen molar-refractivity contribution in [3.05, 3.63) is 82.8 Å². The van der Waals surface area contributed by atoms with Gasteiger partial charge in [-0.3, -0.25) is 14.6 Å². The fourth-order valence-electron chi connectivity index (χ4n) is 5.54. The zero-order valence-corrected chi connectivity index (χ0v) is 19.1. The van der Waals surface area contributed by atoms with Gasteiger partial charge < -0.3 is 4.90 Å². The second-order valence-electron chi connectivity index (χ2n) is 8.93. The van der Waals surface area contributed by atoms with Gasteiger partial charge >= 0.3 is 0 Å². The highest BCUT2D eigenvalue weighted by molar-refractivity contribution is 6.30. The Hall–Kier alpha value is -3.38. The minimum absolute atomic E-state index is 0.00304. The lowest BCUT2D eigenvalue weighted by Gasteiger charge is -2.45. The molecule has 33 heavy (non-hydrogen) atoms. The Bertz CT molecular complexity index is 1340. The molecular formula is C26H24ClN5O. The number of aromatic nitrogens is 4. The molecule has 4 heterocycles. The third-order valence-corrected chi connectivity index (χ3v) is 7.18. The van der Waals surface area contributed by atoms with Gasteiger partial charge in [0.15, 0.2) is 0 Å². The molecule has 166 valence electrons. The van der Waals surface area contributed by atoms with Crippen molar-refractivity contribution in [3.8, 4) is 22.4 Å². The Kier molecular flexibility index (Phi) is 4.84. The van der Waals surface area contributed by atoms with Crippen molar-refractivity contribution in [1.82, 2.24) is 24.9 Å². The fourth-order valence-corrected chi connectivity index (χ4v) is 5.73. The van der Waals surface area contributed by atoms with Crippen LogP contribution in [0.5, 0.6) is 0 Å². The van der Waals surface area contributed by atoms with Crippen LogP contribution >= 0.6 is 11.6 Å². The molecule has 0 spiro atoms. The number of rotatable bonds is 3. The number of fused-ring (bicyclic) bond motifs is 4. The molecule has 1 N–H and O–H groups in total. The van der Waals surface area contributed by atoms with Gasteiger partial charge in [0.25, 0.3) is 5.91 Å². The van der Waals surface area contributed by atoms with Gasteiger partial charge in [-0.05, 0) is 55.5 Å². The summed E-state index contributed by atoms with van der Waals surface area (Å²) in [6.45, 7) is 0. The highest BCUT2D eigenvalue weighted by Crippen LogP contribution is 2.45. The monoisotopic (exact) mass is 457 g/mol. The lowest BCUT2D eigenvalue weighted by atomic mass is 9.81. The second-order valence-corrected chi connectivity index (χ2v) is 9.37. The average molecular weight is 458 g/mol. The van der Waals surface area contributed by atoms with Crippen LogP contribution < -0.4 is 0 Å². The van der Waals surface area contributed by atoms with E-state index in [9.17, 15) is 4.79 Å². The summed E-state index contributed by atoms with van der Waals surface area (Å²) in [5.74, 6) is 0.0793. The second kappa shape index (κ2) is 7.89. The van der Waals surface area contributed by atoms with Gasteiger partial charge in [0.2, 0.25) is 0 Å². The molecule has 2 aromatic carbocycles. The van der Waals surface area contributed by atoms with Crippen LogP contribution in [0, 0.1) is 0 Å². The predicted molar refractivity (Wildman–Crippen MR) is 128 cm³/mol. The Morgan fingerprint density at radius 1 is 1.09 bits per heavy atom. The first-order valence-corrected chi connectivity index (χ1v) is 11.7. The molecule has 7 heteroatoms.